The van der Waals surface area contributed by atoms with E-state index in [1.807, 2.05) is 40.3 Å². The molecule has 1 aromatic carbocycles. The van der Waals surface area contributed by atoms with Crippen LogP contribution in [0.3, 0.4) is 0 Å². The number of nitrogens with zero attached hydrogens (tertiary/aromatic N) is 2. The largest absolute Gasteiger partial charge is 0.487 e. The van der Waals surface area contributed by atoms with Crippen LogP contribution in [-0.2, 0) is 6.61 Å². The van der Waals surface area contributed by atoms with Crippen LogP contribution in [0.25, 0.3) is 5.65 Å². The molecule has 5 nitrogen and oxygen atoms in total. The lowest BCUT2D eigenvalue weighted by Gasteiger charge is -2.09. The molecule has 2 aromatic heterocycles. The van der Waals surface area contributed by atoms with Gasteiger partial charge >= 0.3 is 6.18 Å². The van der Waals surface area contributed by atoms with Crippen LogP contribution in [0.5, 0.6) is 5.75 Å². The van der Waals surface area contributed by atoms with E-state index < -0.39 is 18.6 Å². The van der Waals surface area contributed by atoms with Gasteiger partial charge in [-0.15, -0.1) is 0 Å². The fourth-order valence-corrected chi connectivity index (χ4v) is 2.22. The van der Waals surface area contributed by atoms with Gasteiger partial charge in [-0.05, 0) is 30.3 Å². The second-order valence-electron chi connectivity index (χ2n) is 5.31. The zero-order valence-corrected chi connectivity index (χ0v) is 13.0. The highest BCUT2D eigenvalue weighted by Gasteiger charge is 2.27. The maximum absolute atomic E-state index is 12.2. The van der Waals surface area contributed by atoms with Crippen molar-refractivity contribution in [1.82, 2.24) is 14.7 Å². The predicted octanol–water partition coefficient (Wildman–Crippen LogP) is 3.21. The monoisotopic (exact) mass is 349 g/mol. The molecule has 0 saturated carbocycles. The van der Waals surface area contributed by atoms with Crippen LogP contribution in [0.4, 0.5) is 13.2 Å². The summed E-state index contributed by atoms with van der Waals surface area (Å²) in [5.41, 5.74) is 1.57. The highest BCUT2D eigenvalue weighted by Crippen LogP contribution is 2.17. The Labute approximate surface area is 141 Å². The van der Waals surface area contributed by atoms with E-state index in [1.54, 1.807) is 12.1 Å². The number of hydrogen-bond donors (Lipinski definition) is 1. The molecule has 0 aliphatic carbocycles. The van der Waals surface area contributed by atoms with Gasteiger partial charge in [0.25, 0.3) is 5.91 Å². The number of amides is 1. The molecule has 8 heteroatoms. The average molecular weight is 349 g/mol. The van der Waals surface area contributed by atoms with Crippen LogP contribution in [0.2, 0.25) is 0 Å². The summed E-state index contributed by atoms with van der Waals surface area (Å²) in [6, 6.07) is 11.6. The first-order valence-corrected chi connectivity index (χ1v) is 7.41. The number of pyridine rings is 1. The number of aromatic nitrogens is 2. The Kier molecular flexibility index (Phi) is 4.60. The smallest absolute Gasteiger partial charge is 0.405 e. The number of fused-ring (bicyclic) bond motifs is 1. The van der Waals surface area contributed by atoms with Crippen LogP contribution in [0.15, 0.2) is 54.9 Å². The Hall–Kier alpha value is -3.03. The second kappa shape index (κ2) is 6.84. The lowest BCUT2D eigenvalue weighted by molar-refractivity contribution is -0.123. The molecule has 0 aliphatic heterocycles. The zero-order chi connectivity index (χ0) is 17.9. The Morgan fingerprint density at radius 3 is 2.80 bits per heavy atom. The number of carbonyl (C=O) groups excluding carboxylic acids is 1. The number of benzene rings is 1. The number of alkyl halides is 3. The Balaban J connectivity index is 1.64. The van der Waals surface area contributed by atoms with Crippen molar-refractivity contribution in [3.8, 4) is 5.75 Å². The molecule has 0 spiro atoms. The summed E-state index contributed by atoms with van der Waals surface area (Å²) >= 11 is 0. The van der Waals surface area contributed by atoms with E-state index in [1.165, 1.54) is 12.1 Å². The minimum absolute atomic E-state index is 0.0942. The first-order valence-electron chi connectivity index (χ1n) is 7.41. The van der Waals surface area contributed by atoms with E-state index in [0.29, 0.717) is 11.4 Å². The molecule has 0 bridgehead atoms. The minimum atomic E-state index is -4.45. The summed E-state index contributed by atoms with van der Waals surface area (Å²) in [4.78, 5) is 16.1. The Morgan fingerprint density at radius 2 is 2.04 bits per heavy atom. The van der Waals surface area contributed by atoms with Gasteiger partial charge in [-0.25, -0.2) is 4.98 Å². The molecule has 25 heavy (non-hydrogen) atoms. The standard InChI is InChI=1S/C17H14F3N3O2/c18-17(19,20)11-21-16(24)12-4-3-5-14(8-12)25-10-13-9-23-7-2-1-6-15(23)22-13/h1-9H,10-11H2,(H,21,24). The molecule has 3 aromatic rings. The van der Waals surface area contributed by atoms with Crippen molar-refractivity contribution in [2.24, 2.45) is 0 Å². The van der Waals surface area contributed by atoms with Crippen molar-refractivity contribution in [2.75, 3.05) is 6.54 Å². The Bertz CT molecular complexity index is 857. The number of halogens is 3. The van der Waals surface area contributed by atoms with Crippen molar-refractivity contribution >= 4 is 11.6 Å². The first-order chi connectivity index (χ1) is 11.9. The van der Waals surface area contributed by atoms with Crippen LogP contribution in [0, 0.1) is 0 Å². The molecule has 0 unspecified atom stereocenters. The lowest BCUT2D eigenvalue weighted by Crippen LogP contribution is -2.33. The number of nitrogens with one attached hydrogen (secondary N) is 1. The predicted molar refractivity (Wildman–Crippen MR) is 84.4 cm³/mol. The fraction of sp³-hybridized carbons (Fsp3) is 0.176. The van der Waals surface area contributed by atoms with E-state index in [2.05, 4.69) is 4.98 Å². The minimum Gasteiger partial charge on any atom is -0.487 e. The summed E-state index contributed by atoms with van der Waals surface area (Å²) in [7, 11) is 0. The van der Waals surface area contributed by atoms with E-state index in [0.717, 1.165) is 5.65 Å². The van der Waals surface area contributed by atoms with Crippen molar-refractivity contribution in [3.05, 3.63) is 66.1 Å². The van der Waals surface area contributed by atoms with Crippen LogP contribution in [0.1, 0.15) is 16.1 Å². The third-order valence-electron chi connectivity index (χ3n) is 3.35. The van der Waals surface area contributed by atoms with Crippen LogP contribution < -0.4 is 10.1 Å². The third-order valence-corrected chi connectivity index (χ3v) is 3.35. The SMILES string of the molecule is O=C(NCC(F)(F)F)c1cccc(OCc2cn3ccccc3n2)c1. The molecule has 0 radical (unpaired) electrons. The Morgan fingerprint density at radius 1 is 1.20 bits per heavy atom. The van der Waals surface area contributed by atoms with Crippen molar-refractivity contribution < 1.29 is 22.7 Å². The molecule has 1 N–H and O–H groups in total. The van der Waals surface area contributed by atoms with E-state index >= 15 is 0 Å². The van der Waals surface area contributed by atoms with Crippen molar-refractivity contribution in [2.45, 2.75) is 12.8 Å². The molecular formula is C17H14F3N3O2. The van der Waals surface area contributed by atoms with Gasteiger partial charge in [-0.3, -0.25) is 4.79 Å². The number of hydrogen-bond acceptors (Lipinski definition) is 3. The molecule has 0 atom stereocenters. The highest BCUT2D eigenvalue weighted by atomic mass is 19.4. The number of rotatable bonds is 5. The van der Waals surface area contributed by atoms with Crippen molar-refractivity contribution in [3.63, 3.8) is 0 Å². The van der Waals surface area contributed by atoms with Crippen LogP contribution in [-0.4, -0.2) is 28.0 Å². The first kappa shape index (κ1) is 16.8. The zero-order valence-electron chi connectivity index (χ0n) is 13.0. The van der Waals surface area contributed by atoms with Gasteiger partial charge in [-0.1, -0.05) is 12.1 Å². The van der Waals surface area contributed by atoms with Crippen LogP contribution >= 0.6 is 0 Å². The van der Waals surface area contributed by atoms with Gasteiger partial charge in [0.05, 0.1) is 5.69 Å². The topological polar surface area (TPSA) is 55.6 Å². The summed E-state index contributed by atoms with van der Waals surface area (Å²) in [6.07, 6.45) is -0.778. The molecule has 130 valence electrons. The number of imidazole rings is 1. The second-order valence-corrected chi connectivity index (χ2v) is 5.31. The molecule has 2 heterocycles. The fourth-order valence-electron chi connectivity index (χ4n) is 2.22. The summed E-state index contributed by atoms with van der Waals surface area (Å²) in [6.45, 7) is -1.20. The summed E-state index contributed by atoms with van der Waals surface area (Å²) in [5.74, 6) is -0.438. The lowest BCUT2D eigenvalue weighted by atomic mass is 10.2. The maximum atomic E-state index is 12.2. The average Bonchev–Trinajstić information content (AvgIpc) is 3.00. The normalized spacial score (nSPS) is 11.5. The number of carbonyl (C=O) groups is 1. The van der Waals surface area contributed by atoms with E-state index in [4.69, 9.17) is 4.74 Å². The quantitative estimate of drug-likeness (QED) is 0.770. The molecule has 3 rings (SSSR count). The molecule has 0 aliphatic rings. The molecule has 0 saturated heterocycles. The molecular weight excluding hydrogens is 335 g/mol. The van der Waals surface area contributed by atoms with Gasteiger partial charge < -0.3 is 14.5 Å². The van der Waals surface area contributed by atoms with Gasteiger partial charge in [0, 0.05) is 18.0 Å². The van der Waals surface area contributed by atoms with Crippen molar-refractivity contribution in [1.29, 1.82) is 0 Å². The van der Waals surface area contributed by atoms with E-state index in [-0.39, 0.29) is 12.2 Å². The van der Waals surface area contributed by atoms with Gasteiger partial charge in [-0.2, -0.15) is 13.2 Å². The number of ether oxygens (including phenoxy) is 1. The summed E-state index contributed by atoms with van der Waals surface area (Å²) in [5, 5.41) is 1.82. The van der Waals surface area contributed by atoms with Gasteiger partial charge in [0.15, 0.2) is 0 Å². The highest BCUT2D eigenvalue weighted by molar-refractivity contribution is 5.94. The maximum Gasteiger partial charge on any atom is 0.405 e. The summed E-state index contributed by atoms with van der Waals surface area (Å²) < 4.78 is 43.9. The molecule has 1 amide bonds. The molecule has 0 fully saturated rings. The van der Waals surface area contributed by atoms with Gasteiger partial charge in [0.1, 0.15) is 24.5 Å². The third kappa shape index (κ3) is 4.50. The van der Waals surface area contributed by atoms with Gasteiger partial charge in [0.2, 0.25) is 0 Å². The van der Waals surface area contributed by atoms with E-state index in [9.17, 15) is 18.0 Å².